The molecule has 2 aromatic rings. The Kier molecular flexibility index (Phi) is 5.76. The number of ether oxygens (including phenoxy) is 1. The van der Waals surface area contributed by atoms with Crippen molar-refractivity contribution in [3.8, 4) is 0 Å². The van der Waals surface area contributed by atoms with E-state index in [4.69, 9.17) is 4.74 Å². The molecule has 0 spiro atoms. The number of nitrogens with one attached hydrogen (secondary N) is 1. The molecule has 0 fully saturated rings. The smallest absolute Gasteiger partial charge is 0.337 e. The molecule has 0 radical (unpaired) electrons. The van der Waals surface area contributed by atoms with Crippen LogP contribution in [-0.4, -0.2) is 43.5 Å². The fourth-order valence-corrected chi connectivity index (χ4v) is 2.96. The van der Waals surface area contributed by atoms with Crippen LogP contribution in [0.2, 0.25) is 0 Å². The van der Waals surface area contributed by atoms with E-state index >= 15 is 0 Å². The normalized spacial score (nSPS) is 13.5. The Morgan fingerprint density at radius 3 is 2.30 bits per heavy atom. The number of nitrogens with zero attached hydrogens (tertiary/aromatic N) is 2. The number of amides is 1. The van der Waals surface area contributed by atoms with Gasteiger partial charge < -0.3 is 15.1 Å². The first kappa shape index (κ1) is 18.5. The van der Waals surface area contributed by atoms with Crippen molar-refractivity contribution in [2.24, 2.45) is 0 Å². The highest BCUT2D eigenvalue weighted by molar-refractivity contribution is 5.98. The van der Waals surface area contributed by atoms with Gasteiger partial charge in [-0.05, 0) is 31.2 Å². The predicted octanol–water partition coefficient (Wildman–Crippen LogP) is 2.60. The summed E-state index contributed by atoms with van der Waals surface area (Å²) in [7, 11) is 1.87. The summed E-state index contributed by atoms with van der Waals surface area (Å²) in [6, 6.07) is 18.8. The molecule has 0 bridgehead atoms. The molecule has 1 amide bonds. The summed E-state index contributed by atoms with van der Waals surface area (Å²) in [6.07, 6.45) is 0. The molecule has 6 nitrogen and oxygen atoms in total. The van der Waals surface area contributed by atoms with Crippen molar-refractivity contribution in [1.29, 1.82) is 0 Å². The molecule has 140 valence electrons. The molecular weight excluding hydrogens is 342 g/mol. The van der Waals surface area contributed by atoms with Crippen molar-refractivity contribution in [3.63, 3.8) is 0 Å². The lowest BCUT2D eigenvalue weighted by atomic mass is 10.2. The molecule has 27 heavy (non-hydrogen) atoms. The molecule has 2 aromatic carbocycles. The molecule has 0 saturated heterocycles. The maximum Gasteiger partial charge on any atom is 0.337 e. The number of carbonyl (C=O) groups is 2. The molecular formula is C21H23N3O3. The highest BCUT2D eigenvalue weighted by atomic mass is 16.5. The summed E-state index contributed by atoms with van der Waals surface area (Å²) in [4.78, 5) is 26.8. The van der Waals surface area contributed by atoms with Crippen LogP contribution in [0.15, 0.2) is 71.9 Å². The molecule has 0 saturated carbocycles. The zero-order valence-electron chi connectivity index (χ0n) is 15.5. The van der Waals surface area contributed by atoms with Gasteiger partial charge in [-0.3, -0.25) is 9.80 Å². The summed E-state index contributed by atoms with van der Waals surface area (Å²) in [5.41, 5.74) is 5.93. The number of benzene rings is 2. The standard InChI is InChI=1S/C21H23N3O3/c1-3-27-21(26)18-14-24(20(25)16-10-6-4-7-11-16)15-19(18)22-23(2)17-12-8-5-9-13-17/h4-13,22H,3,14-15H2,1-2H3. The third kappa shape index (κ3) is 4.28. The van der Waals surface area contributed by atoms with Crippen molar-refractivity contribution in [1.82, 2.24) is 10.3 Å². The number of para-hydroxylation sites is 1. The van der Waals surface area contributed by atoms with Crippen LogP contribution in [0.3, 0.4) is 0 Å². The summed E-state index contributed by atoms with van der Waals surface area (Å²) in [5.74, 6) is -0.513. The molecule has 0 atom stereocenters. The number of hydrogen-bond donors (Lipinski definition) is 1. The number of anilines is 1. The van der Waals surface area contributed by atoms with Crippen molar-refractivity contribution >= 4 is 17.6 Å². The second-order valence-corrected chi connectivity index (χ2v) is 6.21. The third-order valence-corrected chi connectivity index (χ3v) is 4.34. The van der Waals surface area contributed by atoms with Gasteiger partial charge in [0.1, 0.15) is 0 Å². The van der Waals surface area contributed by atoms with E-state index < -0.39 is 5.97 Å². The third-order valence-electron chi connectivity index (χ3n) is 4.34. The SMILES string of the molecule is CCOC(=O)C1=C(NN(C)c2ccccc2)CN(C(=O)c2ccccc2)C1. The number of carbonyl (C=O) groups excluding carboxylic acids is 2. The van der Waals surface area contributed by atoms with Crippen molar-refractivity contribution in [2.45, 2.75) is 6.92 Å². The maximum absolute atomic E-state index is 12.8. The second kappa shape index (κ2) is 8.40. The average Bonchev–Trinajstić information content (AvgIpc) is 3.12. The molecule has 1 aliphatic rings. The number of hydrogen-bond acceptors (Lipinski definition) is 5. The molecule has 1 aliphatic heterocycles. The predicted molar refractivity (Wildman–Crippen MR) is 104 cm³/mol. The van der Waals surface area contributed by atoms with Crippen LogP contribution >= 0.6 is 0 Å². The van der Waals surface area contributed by atoms with Crippen molar-refractivity contribution < 1.29 is 14.3 Å². The van der Waals surface area contributed by atoms with Crippen LogP contribution in [0, 0.1) is 0 Å². The quantitative estimate of drug-likeness (QED) is 0.630. The first-order chi connectivity index (χ1) is 13.1. The number of hydrazine groups is 1. The zero-order valence-corrected chi connectivity index (χ0v) is 15.5. The molecule has 6 heteroatoms. The highest BCUT2D eigenvalue weighted by Crippen LogP contribution is 2.21. The van der Waals surface area contributed by atoms with Crippen LogP contribution in [0.4, 0.5) is 5.69 Å². The van der Waals surface area contributed by atoms with Gasteiger partial charge in [-0.2, -0.15) is 0 Å². The molecule has 1 heterocycles. The zero-order chi connectivity index (χ0) is 19.2. The largest absolute Gasteiger partial charge is 0.463 e. The van der Waals surface area contributed by atoms with Crippen LogP contribution in [0.1, 0.15) is 17.3 Å². The van der Waals surface area contributed by atoms with Crippen LogP contribution in [-0.2, 0) is 9.53 Å². The Balaban J connectivity index is 1.80. The van der Waals surface area contributed by atoms with E-state index in [1.165, 1.54) is 0 Å². The average molecular weight is 365 g/mol. The maximum atomic E-state index is 12.8. The van der Waals surface area contributed by atoms with Crippen molar-refractivity contribution in [2.75, 3.05) is 31.8 Å². The Morgan fingerprint density at radius 2 is 1.67 bits per heavy atom. The van der Waals surface area contributed by atoms with Gasteiger partial charge in [-0.1, -0.05) is 36.4 Å². The highest BCUT2D eigenvalue weighted by Gasteiger charge is 2.31. The molecule has 0 aliphatic carbocycles. The summed E-state index contributed by atoms with van der Waals surface area (Å²) >= 11 is 0. The Hall–Kier alpha value is -3.28. The summed E-state index contributed by atoms with van der Waals surface area (Å²) in [6.45, 7) is 2.59. The van der Waals surface area contributed by atoms with E-state index in [9.17, 15) is 9.59 Å². The molecule has 3 rings (SSSR count). The minimum atomic E-state index is -0.398. The van der Waals surface area contributed by atoms with E-state index in [0.29, 0.717) is 23.4 Å². The monoisotopic (exact) mass is 365 g/mol. The van der Waals surface area contributed by atoms with Gasteiger partial charge in [0.25, 0.3) is 5.91 Å². The Bertz CT molecular complexity index is 834. The van der Waals surface area contributed by atoms with Gasteiger partial charge >= 0.3 is 5.97 Å². The van der Waals surface area contributed by atoms with Gasteiger partial charge in [0, 0.05) is 12.6 Å². The minimum Gasteiger partial charge on any atom is -0.463 e. The van der Waals surface area contributed by atoms with E-state index in [-0.39, 0.29) is 19.1 Å². The first-order valence-electron chi connectivity index (χ1n) is 8.89. The Labute approximate surface area is 159 Å². The summed E-state index contributed by atoms with van der Waals surface area (Å²) < 4.78 is 5.18. The Morgan fingerprint density at radius 1 is 1.04 bits per heavy atom. The van der Waals surface area contributed by atoms with Gasteiger partial charge in [0.05, 0.1) is 36.7 Å². The van der Waals surface area contributed by atoms with Crippen LogP contribution in [0.5, 0.6) is 0 Å². The lowest BCUT2D eigenvalue weighted by molar-refractivity contribution is -0.138. The van der Waals surface area contributed by atoms with Gasteiger partial charge in [-0.15, -0.1) is 0 Å². The van der Waals surface area contributed by atoms with Crippen molar-refractivity contribution in [3.05, 3.63) is 77.5 Å². The lowest BCUT2D eigenvalue weighted by Crippen LogP contribution is -2.37. The topological polar surface area (TPSA) is 61.9 Å². The molecule has 0 aromatic heterocycles. The van der Waals surface area contributed by atoms with E-state index in [2.05, 4.69) is 5.43 Å². The van der Waals surface area contributed by atoms with Gasteiger partial charge in [0.15, 0.2) is 0 Å². The van der Waals surface area contributed by atoms with E-state index in [0.717, 1.165) is 5.69 Å². The van der Waals surface area contributed by atoms with Crippen LogP contribution in [0.25, 0.3) is 0 Å². The number of rotatable bonds is 6. The lowest BCUT2D eigenvalue weighted by Gasteiger charge is -2.23. The van der Waals surface area contributed by atoms with E-state index in [1.54, 1.807) is 24.0 Å². The van der Waals surface area contributed by atoms with Gasteiger partial charge in [-0.25, -0.2) is 4.79 Å². The second-order valence-electron chi connectivity index (χ2n) is 6.21. The van der Waals surface area contributed by atoms with E-state index in [1.807, 2.05) is 60.6 Å². The molecule has 0 unspecified atom stereocenters. The fraction of sp³-hybridized carbons (Fsp3) is 0.238. The minimum absolute atomic E-state index is 0.114. The molecule has 1 N–H and O–H groups in total. The first-order valence-corrected chi connectivity index (χ1v) is 8.89. The number of esters is 1. The van der Waals surface area contributed by atoms with Crippen LogP contribution < -0.4 is 10.4 Å². The van der Waals surface area contributed by atoms with Gasteiger partial charge in [0.2, 0.25) is 0 Å². The fourth-order valence-electron chi connectivity index (χ4n) is 2.96. The summed E-state index contributed by atoms with van der Waals surface area (Å²) in [5, 5.41) is 1.82.